The summed E-state index contributed by atoms with van der Waals surface area (Å²) in [5.41, 5.74) is 0.941. The van der Waals surface area contributed by atoms with Gasteiger partial charge in [0.1, 0.15) is 5.76 Å². The first kappa shape index (κ1) is 20.0. The summed E-state index contributed by atoms with van der Waals surface area (Å²) in [5, 5.41) is 6.53. The number of Topliss-reactive ketones (excluding diaryl/α,β-unsaturated/α-hetero) is 1. The summed E-state index contributed by atoms with van der Waals surface area (Å²) in [7, 11) is 0. The first-order valence-electron chi connectivity index (χ1n) is 10.4. The van der Waals surface area contributed by atoms with Gasteiger partial charge in [0.25, 0.3) is 5.91 Å². The molecule has 158 valence electrons. The molecular weight excluding hydrogens is 412 g/mol. The number of para-hydroxylation sites is 1. The van der Waals surface area contributed by atoms with Gasteiger partial charge >= 0.3 is 0 Å². The average molecular weight is 435 g/mol. The molecule has 1 spiro atoms. The molecule has 1 amide bonds. The number of carbonyl (C=O) groups excluding carboxylic acids is 2. The van der Waals surface area contributed by atoms with Crippen LogP contribution >= 0.6 is 11.6 Å². The smallest absolute Gasteiger partial charge is 0.298 e. The van der Waals surface area contributed by atoms with Crippen molar-refractivity contribution < 1.29 is 14.3 Å². The van der Waals surface area contributed by atoms with Crippen LogP contribution in [0.1, 0.15) is 45.1 Å². The van der Waals surface area contributed by atoms with Gasteiger partial charge in [0, 0.05) is 23.4 Å². The Morgan fingerprint density at radius 2 is 1.81 bits per heavy atom. The number of benzene rings is 2. The number of anilines is 1. The number of ether oxygens (including phenoxy) is 1. The van der Waals surface area contributed by atoms with Gasteiger partial charge in [0.15, 0.2) is 5.78 Å². The lowest BCUT2D eigenvalue weighted by Gasteiger charge is -2.31. The highest BCUT2D eigenvalue weighted by atomic mass is 35.5. The molecule has 0 fully saturated rings. The van der Waals surface area contributed by atoms with Crippen molar-refractivity contribution >= 4 is 34.7 Å². The van der Waals surface area contributed by atoms with Crippen molar-refractivity contribution in [2.24, 2.45) is 10.5 Å². The second-order valence-electron chi connectivity index (χ2n) is 9.24. The third-order valence-electron chi connectivity index (χ3n) is 6.34. The fraction of sp³-hybridized carbons (Fsp3) is 0.320. The van der Waals surface area contributed by atoms with E-state index in [4.69, 9.17) is 16.3 Å². The molecule has 2 aliphatic heterocycles. The Bertz CT molecular complexity index is 1170. The molecule has 3 aliphatic rings. The van der Waals surface area contributed by atoms with Crippen LogP contribution in [0.5, 0.6) is 0 Å². The lowest BCUT2D eigenvalue weighted by Crippen LogP contribution is -2.50. The normalized spacial score (nSPS) is 26.9. The average Bonchev–Trinajstić information content (AvgIpc) is 3.18. The van der Waals surface area contributed by atoms with Gasteiger partial charge in [0.2, 0.25) is 5.60 Å². The van der Waals surface area contributed by atoms with Crippen LogP contribution in [0.4, 0.5) is 5.69 Å². The molecule has 31 heavy (non-hydrogen) atoms. The quantitative estimate of drug-likeness (QED) is 0.647. The Kier molecular flexibility index (Phi) is 4.38. The summed E-state index contributed by atoms with van der Waals surface area (Å²) in [6.45, 7) is 5.89. The Hall–Kier alpha value is -2.92. The van der Waals surface area contributed by atoms with Gasteiger partial charge < -0.3 is 4.74 Å². The summed E-state index contributed by atoms with van der Waals surface area (Å²) in [5.74, 6) is -0.258. The van der Waals surface area contributed by atoms with E-state index < -0.39 is 11.5 Å². The third-order valence-corrected chi connectivity index (χ3v) is 6.57. The molecule has 0 saturated heterocycles. The van der Waals surface area contributed by atoms with Gasteiger partial charge in [-0.1, -0.05) is 55.8 Å². The van der Waals surface area contributed by atoms with Crippen molar-refractivity contribution in [1.29, 1.82) is 0 Å². The van der Waals surface area contributed by atoms with Gasteiger partial charge in [-0.05, 0) is 42.2 Å². The van der Waals surface area contributed by atoms with Gasteiger partial charge in [-0.15, -0.1) is 0 Å². The lowest BCUT2D eigenvalue weighted by atomic mass is 9.69. The molecule has 0 radical (unpaired) electrons. The highest BCUT2D eigenvalue weighted by molar-refractivity contribution is 6.30. The molecular formula is C25H23ClN2O3. The third kappa shape index (κ3) is 2.94. The van der Waals surface area contributed by atoms with Crippen LogP contribution < -0.4 is 5.01 Å². The minimum atomic E-state index is -1.39. The van der Waals surface area contributed by atoms with Crippen molar-refractivity contribution in [3.63, 3.8) is 0 Å². The Balaban J connectivity index is 1.69. The standard InChI is InChI=1S/C25H23ClN2O3/c1-15-25(23(30)28(27-15)18-10-5-4-6-11-18)22(16-8-7-9-17(26)12-16)21-19(29)13-24(2,3)14-20(21)31-25/h4-12,22H,13-14H2,1-3H3/t22-,25-/m0/s1. The minimum Gasteiger partial charge on any atom is -0.474 e. The van der Waals surface area contributed by atoms with Crippen molar-refractivity contribution in [3.8, 4) is 0 Å². The topological polar surface area (TPSA) is 59.0 Å². The van der Waals surface area contributed by atoms with Crippen molar-refractivity contribution in [1.82, 2.24) is 0 Å². The molecule has 0 saturated carbocycles. The zero-order valence-corrected chi connectivity index (χ0v) is 18.4. The molecule has 2 heterocycles. The summed E-state index contributed by atoms with van der Waals surface area (Å²) >= 11 is 6.31. The van der Waals surface area contributed by atoms with E-state index in [-0.39, 0.29) is 17.1 Å². The van der Waals surface area contributed by atoms with Crippen LogP contribution in [0.2, 0.25) is 5.02 Å². The maximum atomic E-state index is 13.9. The molecule has 1 aliphatic carbocycles. The van der Waals surface area contributed by atoms with Crippen LogP contribution in [-0.2, 0) is 14.3 Å². The Labute approximate surface area is 186 Å². The maximum absolute atomic E-state index is 13.9. The highest BCUT2D eigenvalue weighted by Crippen LogP contribution is 2.56. The van der Waals surface area contributed by atoms with Gasteiger partial charge in [-0.25, -0.2) is 0 Å². The van der Waals surface area contributed by atoms with Crippen LogP contribution in [0, 0.1) is 5.41 Å². The van der Waals surface area contributed by atoms with E-state index in [1.54, 1.807) is 13.0 Å². The van der Waals surface area contributed by atoms with E-state index >= 15 is 0 Å². The molecule has 0 N–H and O–H groups in total. The summed E-state index contributed by atoms with van der Waals surface area (Å²) < 4.78 is 6.50. The number of rotatable bonds is 2. The van der Waals surface area contributed by atoms with Crippen LogP contribution in [0.15, 0.2) is 71.0 Å². The predicted octanol–water partition coefficient (Wildman–Crippen LogP) is 5.26. The molecule has 0 bridgehead atoms. The summed E-state index contributed by atoms with van der Waals surface area (Å²) in [6, 6.07) is 16.6. The van der Waals surface area contributed by atoms with Gasteiger partial charge in [-0.3, -0.25) is 9.59 Å². The SMILES string of the molecule is CC1=NN(c2ccccc2)C(=O)[C@]12OC1=C(C(=O)CC(C)(C)C1)[C@@H]2c1cccc(Cl)c1. The first-order valence-corrected chi connectivity index (χ1v) is 10.8. The van der Waals surface area contributed by atoms with Crippen LogP contribution in [0.25, 0.3) is 0 Å². The summed E-state index contributed by atoms with van der Waals surface area (Å²) in [6.07, 6.45) is 1.01. The fourth-order valence-electron chi connectivity index (χ4n) is 5.01. The fourth-order valence-corrected chi connectivity index (χ4v) is 5.21. The van der Waals surface area contributed by atoms with Gasteiger partial charge in [-0.2, -0.15) is 10.1 Å². The molecule has 2 atom stereocenters. The van der Waals surface area contributed by atoms with E-state index in [2.05, 4.69) is 5.10 Å². The second kappa shape index (κ2) is 6.79. The van der Waals surface area contributed by atoms with Crippen molar-refractivity contribution in [2.45, 2.75) is 45.1 Å². The molecule has 2 aromatic carbocycles. The van der Waals surface area contributed by atoms with Gasteiger partial charge in [0.05, 0.1) is 17.3 Å². The molecule has 0 aromatic heterocycles. The Morgan fingerprint density at radius 1 is 1.06 bits per heavy atom. The van der Waals surface area contributed by atoms with E-state index in [0.717, 1.165) is 5.56 Å². The molecule has 5 nitrogen and oxygen atoms in total. The molecule has 5 rings (SSSR count). The largest absolute Gasteiger partial charge is 0.474 e. The number of nitrogens with zero attached hydrogens (tertiary/aromatic N) is 2. The van der Waals surface area contributed by atoms with Crippen molar-refractivity contribution in [3.05, 3.63) is 76.5 Å². The second-order valence-corrected chi connectivity index (χ2v) is 9.68. The number of hydrazone groups is 1. The highest BCUT2D eigenvalue weighted by Gasteiger charge is 2.65. The molecule has 2 aromatic rings. The Morgan fingerprint density at radius 3 is 2.52 bits per heavy atom. The molecule has 0 unspecified atom stereocenters. The number of allylic oxidation sites excluding steroid dienone is 1. The van der Waals surface area contributed by atoms with E-state index in [9.17, 15) is 9.59 Å². The van der Waals surface area contributed by atoms with Crippen LogP contribution in [0.3, 0.4) is 0 Å². The predicted molar refractivity (Wildman–Crippen MR) is 120 cm³/mol. The van der Waals surface area contributed by atoms with E-state index in [1.807, 2.05) is 62.4 Å². The minimum absolute atomic E-state index is 0.0202. The number of halogens is 1. The zero-order chi connectivity index (χ0) is 22.0. The lowest BCUT2D eigenvalue weighted by molar-refractivity contribution is -0.130. The zero-order valence-electron chi connectivity index (χ0n) is 17.7. The van der Waals surface area contributed by atoms with Crippen LogP contribution in [-0.4, -0.2) is 23.0 Å². The maximum Gasteiger partial charge on any atom is 0.298 e. The first-order chi connectivity index (χ1) is 14.7. The van der Waals surface area contributed by atoms with Crippen molar-refractivity contribution in [2.75, 3.05) is 5.01 Å². The number of hydrogen-bond donors (Lipinski definition) is 0. The van der Waals surface area contributed by atoms with E-state index in [0.29, 0.717) is 40.6 Å². The summed E-state index contributed by atoms with van der Waals surface area (Å²) in [4.78, 5) is 27.3. The van der Waals surface area contributed by atoms with E-state index in [1.165, 1.54) is 5.01 Å². The number of amides is 1. The monoisotopic (exact) mass is 434 g/mol. The molecule has 6 heteroatoms. The number of ketones is 1. The number of hydrogen-bond acceptors (Lipinski definition) is 4. The number of carbonyl (C=O) groups is 2.